The molecule has 2 N–H and O–H groups in total. The second-order valence-corrected chi connectivity index (χ2v) is 9.33. The topological polar surface area (TPSA) is 70.7 Å². The van der Waals surface area contributed by atoms with Crippen LogP contribution >= 0.6 is 28.1 Å². The average Bonchev–Trinajstić information content (AvgIpc) is 2.75. The molecule has 1 atom stereocenters. The van der Waals surface area contributed by atoms with E-state index in [2.05, 4.69) is 26.6 Å². The van der Waals surface area contributed by atoms with Crippen molar-refractivity contribution in [1.82, 2.24) is 10.2 Å². The number of carbonyl (C=O) groups excluding carboxylic acids is 2. The van der Waals surface area contributed by atoms with Crippen LogP contribution < -0.4 is 10.6 Å². The fraction of sp³-hybridized carbons (Fsp3) is 0.292. The number of ether oxygens (including phenoxy) is 1. The quantitative estimate of drug-likeness (QED) is 0.415. The van der Waals surface area contributed by atoms with Crippen molar-refractivity contribution in [2.75, 3.05) is 19.0 Å². The summed E-state index contributed by atoms with van der Waals surface area (Å²) in [6.07, 6.45) is 0. The number of nitrogens with zero attached hydrogens (tertiary/aromatic N) is 1. The number of esters is 1. The summed E-state index contributed by atoms with van der Waals surface area (Å²) in [7, 11) is 1.81. The van der Waals surface area contributed by atoms with Crippen LogP contribution in [0.2, 0.25) is 0 Å². The van der Waals surface area contributed by atoms with Gasteiger partial charge in [-0.05, 0) is 61.0 Å². The number of benzene rings is 2. The monoisotopic (exact) mass is 515 g/mol. The number of hydrogen-bond donors (Lipinski definition) is 2. The highest BCUT2D eigenvalue weighted by Crippen LogP contribution is 2.32. The Labute approximate surface area is 202 Å². The van der Waals surface area contributed by atoms with Gasteiger partial charge in [-0.2, -0.15) is 0 Å². The molecule has 1 heterocycles. The third-order valence-corrected chi connectivity index (χ3v) is 5.97. The second kappa shape index (κ2) is 10.3. The predicted molar refractivity (Wildman–Crippen MR) is 133 cm³/mol. The number of amides is 1. The van der Waals surface area contributed by atoms with Crippen LogP contribution in [0.5, 0.6) is 0 Å². The summed E-state index contributed by atoms with van der Waals surface area (Å²) < 4.78 is 6.36. The minimum atomic E-state index is -0.485. The molecule has 1 aliphatic heterocycles. The minimum absolute atomic E-state index is 0.224. The fourth-order valence-electron chi connectivity index (χ4n) is 3.30. The number of nitrogens with one attached hydrogen (secondary N) is 2. The van der Waals surface area contributed by atoms with Crippen LogP contribution in [0.1, 0.15) is 42.7 Å². The van der Waals surface area contributed by atoms with E-state index in [1.165, 1.54) is 0 Å². The van der Waals surface area contributed by atoms with E-state index in [9.17, 15) is 9.59 Å². The van der Waals surface area contributed by atoms with Gasteiger partial charge in [-0.1, -0.05) is 48.0 Å². The molecular formula is C24H26BrN3O3S. The highest BCUT2D eigenvalue weighted by Gasteiger charge is 2.33. The lowest BCUT2D eigenvalue weighted by Gasteiger charge is -2.35. The van der Waals surface area contributed by atoms with Gasteiger partial charge in [-0.15, -0.1) is 0 Å². The Balaban J connectivity index is 1.90. The molecule has 0 bridgehead atoms. The summed E-state index contributed by atoms with van der Waals surface area (Å²) in [5.41, 5.74) is 3.18. The summed E-state index contributed by atoms with van der Waals surface area (Å²) in [6, 6.07) is 14.1. The van der Waals surface area contributed by atoms with Crippen molar-refractivity contribution in [1.29, 1.82) is 0 Å². The number of thiocarbonyl (C=S) groups is 1. The Hall–Kier alpha value is -2.71. The predicted octanol–water partition coefficient (Wildman–Crippen LogP) is 5.04. The molecule has 0 aromatic heterocycles. The lowest BCUT2D eigenvalue weighted by Crippen LogP contribution is -2.46. The van der Waals surface area contributed by atoms with Gasteiger partial charge >= 0.3 is 5.97 Å². The van der Waals surface area contributed by atoms with Crippen LogP contribution in [0.25, 0.3) is 0 Å². The number of anilines is 1. The van der Waals surface area contributed by atoms with Crippen molar-refractivity contribution in [2.24, 2.45) is 5.92 Å². The van der Waals surface area contributed by atoms with Gasteiger partial charge in [0.05, 0.1) is 18.2 Å². The van der Waals surface area contributed by atoms with E-state index in [1.54, 1.807) is 29.2 Å². The molecule has 3 rings (SSSR count). The third kappa shape index (κ3) is 5.55. The molecule has 0 saturated carbocycles. The van der Waals surface area contributed by atoms with Gasteiger partial charge in [0.2, 0.25) is 0 Å². The summed E-state index contributed by atoms with van der Waals surface area (Å²) in [6.45, 7) is 6.16. The molecule has 0 radical (unpaired) electrons. The summed E-state index contributed by atoms with van der Waals surface area (Å²) in [5, 5.41) is 6.66. The largest absolute Gasteiger partial charge is 0.462 e. The molecule has 0 aliphatic carbocycles. The Bertz CT molecular complexity index is 1080. The lowest BCUT2D eigenvalue weighted by atomic mass is 9.94. The third-order valence-electron chi connectivity index (χ3n) is 5.09. The van der Waals surface area contributed by atoms with Crippen molar-refractivity contribution < 1.29 is 14.3 Å². The van der Waals surface area contributed by atoms with Crippen molar-refractivity contribution in [3.8, 4) is 0 Å². The molecule has 168 valence electrons. The first-order valence-corrected chi connectivity index (χ1v) is 11.5. The maximum Gasteiger partial charge on any atom is 0.338 e. The van der Waals surface area contributed by atoms with Gasteiger partial charge < -0.3 is 20.3 Å². The van der Waals surface area contributed by atoms with Crippen LogP contribution in [0.15, 0.2) is 64.3 Å². The van der Waals surface area contributed by atoms with E-state index in [0.29, 0.717) is 28.5 Å². The molecule has 0 saturated heterocycles. The molecule has 32 heavy (non-hydrogen) atoms. The van der Waals surface area contributed by atoms with Crippen LogP contribution in [0.3, 0.4) is 0 Å². The molecule has 2 aromatic rings. The van der Waals surface area contributed by atoms with Crippen LogP contribution in [-0.2, 0) is 9.53 Å². The number of allylic oxidation sites excluding steroid dienone is 1. The number of hydrogen-bond acceptors (Lipinski definition) is 4. The van der Waals surface area contributed by atoms with Gasteiger partial charge in [0.15, 0.2) is 5.11 Å². The highest BCUT2D eigenvalue weighted by molar-refractivity contribution is 9.10. The molecule has 0 fully saturated rings. The molecule has 8 heteroatoms. The molecule has 0 spiro atoms. The Morgan fingerprint density at radius 3 is 2.62 bits per heavy atom. The van der Waals surface area contributed by atoms with Crippen LogP contribution in [0, 0.1) is 5.92 Å². The van der Waals surface area contributed by atoms with Crippen LogP contribution in [-0.4, -0.2) is 35.5 Å². The van der Waals surface area contributed by atoms with Gasteiger partial charge in [0, 0.05) is 28.5 Å². The molecule has 1 amide bonds. The highest BCUT2D eigenvalue weighted by atomic mass is 79.9. The van der Waals surface area contributed by atoms with Gasteiger partial charge in [-0.3, -0.25) is 4.79 Å². The zero-order valence-electron chi connectivity index (χ0n) is 18.4. The molecule has 1 unspecified atom stereocenters. The number of halogens is 1. The van der Waals surface area contributed by atoms with E-state index < -0.39 is 6.04 Å². The number of carbonyl (C=O) groups is 2. The molecule has 2 aromatic carbocycles. The maximum absolute atomic E-state index is 13.0. The van der Waals surface area contributed by atoms with Crippen molar-refractivity contribution in [3.05, 3.63) is 75.4 Å². The minimum Gasteiger partial charge on any atom is -0.462 e. The van der Waals surface area contributed by atoms with E-state index in [-0.39, 0.29) is 17.8 Å². The van der Waals surface area contributed by atoms with E-state index in [0.717, 1.165) is 15.7 Å². The first-order chi connectivity index (χ1) is 15.2. The Kier molecular flexibility index (Phi) is 7.69. The molecule has 6 nitrogen and oxygen atoms in total. The normalized spacial score (nSPS) is 16.1. The van der Waals surface area contributed by atoms with Crippen LogP contribution in [0.4, 0.5) is 5.69 Å². The zero-order chi connectivity index (χ0) is 23.4. The smallest absolute Gasteiger partial charge is 0.338 e. The van der Waals surface area contributed by atoms with E-state index >= 15 is 0 Å². The Morgan fingerprint density at radius 1 is 1.22 bits per heavy atom. The van der Waals surface area contributed by atoms with Gasteiger partial charge in [-0.25, -0.2) is 4.79 Å². The van der Waals surface area contributed by atoms with Gasteiger partial charge in [0.1, 0.15) is 0 Å². The maximum atomic E-state index is 13.0. The summed E-state index contributed by atoms with van der Waals surface area (Å²) >= 11 is 8.85. The second-order valence-electron chi connectivity index (χ2n) is 8.02. The molecule has 1 aliphatic rings. The first-order valence-electron chi connectivity index (χ1n) is 10.3. The summed E-state index contributed by atoms with van der Waals surface area (Å²) in [4.78, 5) is 27.4. The zero-order valence-corrected chi connectivity index (χ0v) is 20.8. The van der Waals surface area contributed by atoms with Crippen molar-refractivity contribution in [3.63, 3.8) is 0 Å². The Morgan fingerprint density at radius 2 is 1.94 bits per heavy atom. The summed E-state index contributed by atoms with van der Waals surface area (Å²) in [5.74, 6) is -0.379. The van der Waals surface area contributed by atoms with E-state index in [1.807, 2.05) is 52.1 Å². The number of rotatable bonds is 6. The standard InChI is InChI=1S/C24H26BrN3O3S/c1-14(2)13-31-23(30)20-15(3)28(4)24(32)27-21(20)16-7-6-10-19(12-16)26-22(29)17-8-5-9-18(25)11-17/h5-12,14,21H,13H2,1-4H3,(H,26,29)(H,27,32). The van der Waals surface area contributed by atoms with E-state index in [4.69, 9.17) is 17.0 Å². The van der Waals surface area contributed by atoms with Gasteiger partial charge in [0.25, 0.3) is 5.91 Å². The SMILES string of the molecule is CC1=C(C(=O)OCC(C)C)C(c2cccc(NC(=O)c3cccc(Br)c3)c2)NC(=S)N1C. The van der Waals surface area contributed by atoms with Crippen molar-refractivity contribution >= 4 is 50.8 Å². The fourth-order valence-corrected chi connectivity index (χ4v) is 3.95. The lowest BCUT2D eigenvalue weighted by molar-refractivity contribution is -0.140. The molecular weight excluding hydrogens is 490 g/mol. The average molecular weight is 516 g/mol. The first kappa shape index (κ1) is 23.9. The van der Waals surface area contributed by atoms with Crippen molar-refractivity contribution in [2.45, 2.75) is 26.8 Å².